The number of carbonyl (C=O) groups is 4. The molecule has 1 aliphatic carbocycles. The highest BCUT2D eigenvalue weighted by atomic mass is 16.7. The molecular weight excluding hydrogens is 652 g/mol. The smallest absolute Gasteiger partial charge is 0.490 e. The molecule has 0 bridgehead atoms. The van der Waals surface area contributed by atoms with E-state index in [-0.39, 0.29) is 44.5 Å². The molecule has 0 heterocycles. The average Bonchev–Trinajstić information content (AvgIpc) is 3.15. The van der Waals surface area contributed by atoms with Gasteiger partial charge >= 0.3 is 24.1 Å². The molecule has 0 spiro atoms. The molecule has 1 aliphatic rings. The number of carbonyl (C=O) groups excluding carboxylic acids is 4. The van der Waals surface area contributed by atoms with Gasteiger partial charge in [-0.05, 0) is 85.0 Å². The van der Waals surface area contributed by atoms with Crippen LogP contribution in [0.2, 0.25) is 0 Å². The van der Waals surface area contributed by atoms with Crippen LogP contribution in [0.5, 0.6) is 11.5 Å². The molecule has 10 nitrogen and oxygen atoms in total. The van der Waals surface area contributed by atoms with Gasteiger partial charge in [-0.25, -0.2) is 14.4 Å². The Balaban J connectivity index is 1.12. The van der Waals surface area contributed by atoms with E-state index in [9.17, 15) is 19.2 Å². The zero-order chi connectivity index (χ0) is 36.3. The first-order valence-corrected chi connectivity index (χ1v) is 17.1. The van der Waals surface area contributed by atoms with Crippen molar-refractivity contribution in [1.82, 2.24) is 0 Å². The fraction of sp³-hybridized carbons (Fsp3) is 0.317. The van der Waals surface area contributed by atoms with Gasteiger partial charge in [0, 0.05) is 11.6 Å². The Morgan fingerprint density at radius 1 is 0.667 bits per heavy atom. The third kappa shape index (κ3) is 14.0. The normalized spacial score (nSPS) is 12.8. The van der Waals surface area contributed by atoms with Gasteiger partial charge < -0.3 is 28.4 Å². The van der Waals surface area contributed by atoms with Gasteiger partial charge in [-0.1, -0.05) is 80.3 Å². The van der Waals surface area contributed by atoms with Crippen molar-refractivity contribution in [2.45, 2.75) is 57.5 Å². The molecule has 1 saturated carbocycles. The summed E-state index contributed by atoms with van der Waals surface area (Å²) in [6.45, 7) is 7.58. The van der Waals surface area contributed by atoms with E-state index in [0.717, 1.165) is 60.4 Å². The predicted molar refractivity (Wildman–Crippen MR) is 193 cm³/mol. The Bertz CT molecular complexity index is 1630. The van der Waals surface area contributed by atoms with Gasteiger partial charge in [0.05, 0.1) is 19.6 Å². The minimum Gasteiger partial charge on any atom is -0.490 e. The summed E-state index contributed by atoms with van der Waals surface area (Å²) >= 11 is 0. The van der Waals surface area contributed by atoms with E-state index >= 15 is 0 Å². The quantitative estimate of drug-likeness (QED) is 0.0320. The van der Waals surface area contributed by atoms with E-state index in [4.69, 9.17) is 28.4 Å². The van der Waals surface area contributed by atoms with Crippen LogP contribution in [-0.2, 0) is 33.3 Å². The highest BCUT2D eigenvalue weighted by Crippen LogP contribution is 2.24. The minimum absolute atomic E-state index is 0.0269. The number of esters is 3. The molecule has 0 atom stereocenters. The molecule has 51 heavy (non-hydrogen) atoms. The number of unbranched alkanes of at least 4 members (excludes halogenated alkanes) is 1. The Hall–Kier alpha value is -5.64. The number of ether oxygens (including phenoxy) is 6. The van der Waals surface area contributed by atoms with E-state index in [1.54, 1.807) is 12.1 Å². The van der Waals surface area contributed by atoms with Gasteiger partial charge in [-0.15, -0.1) is 0 Å². The highest BCUT2D eigenvalue weighted by Gasteiger charge is 2.20. The van der Waals surface area contributed by atoms with Crippen LogP contribution in [0.3, 0.4) is 0 Å². The third-order valence-electron chi connectivity index (χ3n) is 7.90. The van der Waals surface area contributed by atoms with Crippen molar-refractivity contribution in [3.05, 3.63) is 109 Å². The van der Waals surface area contributed by atoms with Crippen molar-refractivity contribution < 1.29 is 47.6 Å². The first-order chi connectivity index (χ1) is 24.8. The lowest BCUT2D eigenvalue weighted by Gasteiger charge is -2.21. The Morgan fingerprint density at radius 2 is 1.24 bits per heavy atom. The van der Waals surface area contributed by atoms with Crippen molar-refractivity contribution >= 4 is 36.2 Å². The molecule has 1 fully saturated rings. The molecule has 3 aromatic carbocycles. The summed E-state index contributed by atoms with van der Waals surface area (Å²) in [7, 11) is 0. The monoisotopic (exact) mass is 696 g/mol. The fourth-order valence-corrected chi connectivity index (χ4v) is 5.14. The predicted octanol–water partition coefficient (Wildman–Crippen LogP) is 8.29. The van der Waals surface area contributed by atoms with Crippen molar-refractivity contribution in [1.29, 1.82) is 0 Å². The summed E-state index contributed by atoms with van der Waals surface area (Å²) in [5.41, 5.74) is 4.07. The molecule has 0 N–H and O–H groups in total. The molecule has 4 rings (SSSR count). The van der Waals surface area contributed by atoms with Crippen LogP contribution in [0.4, 0.5) is 4.79 Å². The topological polar surface area (TPSA) is 124 Å². The zero-order valence-electron chi connectivity index (χ0n) is 28.7. The molecule has 0 saturated heterocycles. The summed E-state index contributed by atoms with van der Waals surface area (Å²) in [6, 6.07) is 22.8. The summed E-state index contributed by atoms with van der Waals surface area (Å²) in [4.78, 5) is 47.2. The number of rotatable bonds is 18. The summed E-state index contributed by atoms with van der Waals surface area (Å²) in [5, 5.41) is 0. The second-order valence-electron chi connectivity index (χ2n) is 11.8. The Morgan fingerprint density at radius 3 is 1.86 bits per heavy atom. The van der Waals surface area contributed by atoms with E-state index in [1.807, 2.05) is 72.8 Å². The molecular formula is C41H44O10. The number of hydrogen-bond acceptors (Lipinski definition) is 10. The van der Waals surface area contributed by atoms with Gasteiger partial charge in [0.25, 0.3) is 0 Å². The van der Waals surface area contributed by atoms with Crippen molar-refractivity contribution in [3.63, 3.8) is 0 Å². The van der Waals surface area contributed by atoms with Crippen molar-refractivity contribution in [2.75, 3.05) is 26.4 Å². The highest BCUT2D eigenvalue weighted by molar-refractivity contribution is 5.93. The van der Waals surface area contributed by atoms with Crippen LogP contribution < -0.4 is 9.47 Å². The summed E-state index contributed by atoms with van der Waals surface area (Å²) in [6.07, 6.45) is 10.1. The van der Waals surface area contributed by atoms with Gasteiger partial charge in [-0.2, -0.15) is 0 Å². The molecule has 0 aromatic heterocycles. The van der Waals surface area contributed by atoms with Crippen LogP contribution in [0.1, 0.15) is 62.5 Å². The van der Waals surface area contributed by atoms with Gasteiger partial charge in [-0.3, -0.25) is 4.79 Å². The van der Waals surface area contributed by atoms with E-state index < -0.39 is 24.1 Å². The van der Waals surface area contributed by atoms with Gasteiger partial charge in [0.1, 0.15) is 30.8 Å². The standard InChI is InChI=1S/C41H44O10/c1-3-38(42)47-25-7-8-26-49-41(45)51-37-21-15-32(16-22-37)12-11-31-13-17-33(18-14-31)34-19-23-35(24-20-34)46-27-28-48-40(44)30(2)29-39(43)50-36-9-5-4-6-10-36/h3,11-24,36H,1-2,4-10,25-29H2/b12-11+. The van der Waals surface area contributed by atoms with Crippen LogP contribution in [0, 0.1) is 0 Å². The second-order valence-corrected chi connectivity index (χ2v) is 11.8. The first-order valence-electron chi connectivity index (χ1n) is 17.1. The number of hydrogen-bond donors (Lipinski definition) is 0. The van der Waals surface area contributed by atoms with Gasteiger partial charge in [0.15, 0.2) is 0 Å². The van der Waals surface area contributed by atoms with E-state index in [0.29, 0.717) is 24.3 Å². The average molecular weight is 697 g/mol. The maximum Gasteiger partial charge on any atom is 0.513 e. The zero-order valence-corrected chi connectivity index (χ0v) is 28.7. The lowest BCUT2D eigenvalue weighted by Crippen LogP contribution is -2.22. The van der Waals surface area contributed by atoms with E-state index in [1.165, 1.54) is 0 Å². The second kappa shape index (κ2) is 20.8. The van der Waals surface area contributed by atoms with Crippen molar-refractivity contribution in [2.24, 2.45) is 0 Å². The Kier molecular flexibility index (Phi) is 15.5. The molecule has 3 aromatic rings. The minimum atomic E-state index is -0.796. The maximum absolute atomic E-state index is 12.2. The third-order valence-corrected chi connectivity index (χ3v) is 7.90. The lowest BCUT2D eigenvalue weighted by atomic mass is 9.98. The maximum atomic E-state index is 12.2. The molecule has 0 amide bonds. The fourth-order valence-electron chi connectivity index (χ4n) is 5.14. The largest absolute Gasteiger partial charge is 0.513 e. The summed E-state index contributed by atoms with van der Waals surface area (Å²) < 4.78 is 31.5. The van der Waals surface area contributed by atoms with E-state index in [2.05, 4.69) is 13.2 Å². The molecule has 0 radical (unpaired) electrons. The Labute approximate surface area is 298 Å². The van der Waals surface area contributed by atoms with Crippen molar-refractivity contribution in [3.8, 4) is 22.6 Å². The molecule has 0 aliphatic heterocycles. The summed E-state index contributed by atoms with van der Waals surface area (Å²) in [5.74, 6) is -0.554. The van der Waals surface area contributed by atoms with Crippen LogP contribution >= 0.6 is 0 Å². The lowest BCUT2D eigenvalue weighted by molar-refractivity contribution is -0.151. The van der Waals surface area contributed by atoms with Crippen LogP contribution in [0.15, 0.2) is 97.6 Å². The molecule has 0 unspecified atom stereocenters. The molecule has 10 heteroatoms. The molecule has 268 valence electrons. The van der Waals surface area contributed by atoms with Gasteiger partial charge in [0.2, 0.25) is 0 Å². The van der Waals surface area contributed by atoms with Crippen LogP contribution in [-0.4, -0.2) is 56.6 Å². The number of benzene rings is 3. The SMILES string of the molecule is C=CC(=O)OCCCCOC(=O)Oc1ccc(/C=C/c2ccc(-c3ccc(OCCOC(=O)C(=C)CC(=O)OC4CCCCC4)cc3)cc2)cc1. The first kappa shape index (κ1) is 38.2. The van der Waals surface area contributed by atoms with Crippen LogP contribution in [0.25, 0.3) is 23.3 Å².